The molecule has 6 rings (SSSR count). The van der Waals surface area contributed by atoms with Crippen molar-refractivity contribution < 1.29 is 27.2 Å². The minimum Gasteiger partial charge on any atom is -0.454 e. The number of piperidine rings is 1. The molecule has 2 fully saturated rings. The minimum atomic E-state index is -4.51. The summed E-state index contributed by atoms with van der Waals surface area (Å²) in [6.45, 7) is 2.22. The topological polar surface area (TPSA) is 113 Å². The molecule has 0 atom stereocenters. The SMILES string of the molecule is O=C1NC(=O)/C(=C/c2ccnc(N3CCC(CNCc4cc(C(F)(F)F)cc(-c5cc6ccccc6o5)n4)CC3)n2)S1. The summed E-state index contributed by atoms with van der Waals surface area (Å²) in [6, 6.07) is 12.7. The van der Waals surface area contributed by atoms with Gasteiger partial charge in [-0.2, -0.15) is 13.2 Å². The molecule has 0 spiro atoms. The number of fused-ring (bicyclic) bond motifs is 1. The zero-order valence-corrected chi connectivity index (χ0v) is 23.0. The molecular formula is C29H25F3N6O3S. The van der Waals surface area contributed by atoms with E-state index in [4.69, 9.17) is 4.42 Å². The standard InChI is InChI=1S/C29H25F3N6O3S/c30-29(31,32)19-12-21(35-22(13-19)24-11-18-3-1-2-4-23(18)41-24)16-33-15-17-6-9-38(10-7-17)27-34-8-5-20(36-27)14-25-26(39)37-28(40)42-25/h1-5,8,11-14,17,33H,6-7,9-10,15-16H2,(H,37,39,40)/b25-14-. The van der Waals surface area contributed by atoms with Crippen LogP contribution in [0.2, 0.25) is 0 Å². The lowest BCUT2D eigenvalue weighted by Crippen LogP contribution is -2.38. The largest absolute Gasteiger partial charge is 0.454 e. The van der Waals surface area contributed by atoms with Gasteiger partial charge in [-0.3, -0.25) is 14.9 Å². The van der Waals surface area contributed by atoms with Gasteiger partial charge in [0, 0.05) is 31.2 Å². The molecule has 4 aromatic rings. The predicted molar refractivity (Wildman–Crippen MR) is 152 cm³/mol. The second-order valence-electron chi connectivity index (χ2n) is 10.1. The fourth-order valence-electron chi connectivity index (χ4n) is 4.97. The zero-order chi connectivity index (χ0) is 29.3. The fraction of sp³-hybridized carbons (Fsp3) is 0.276. The number of amides is 2. The number of hydrogen-bond donors (Lipinski definition) is 2. The first-order valence-corrected chi connectivity index (χ1v) is 14.1. The van der Waals surface area contributed by atoms with Crippen LogP contribution in [0, 0.1) is 5.92 Å². The Bertz CT molecular complexity index is 1650. The number of nitrogens with zero attached hydrogens (tertiary/aromatic N) is 4. The van der Waals surface area contributed by atoms with E-state index in [0.717, 1.165) is 42.1 Å². The Morgan fingerprint density at radius 3 is 2.64 bits per heavy atom. The number of hydrogen-bond acceptors (Lipinski definition) is 9. The summed E-state index contributed by atoms with van der Waals surface area (Å²) in [5.74, 6) is 0.704. The maximum absolute atomic E-state index is 13.7. The first-order valence-electron chi connectivity index (χ1n) is 13.3. The summed E-state index contributed by atoms with van der Waals surface area (Å²) in [7, 11) is 0. The predicted octanol–water partition coefficient (Wildman–Crippen LogP) is 5.63. The first kappa shape index (κ1) is 27.9. The van der Waals surface area contributed by atoms with Gasteiger partial charge in [0.1, 0.15) is 11.3 Å². The van der Waals surface area contributed by atoms with Gasteiger partial charge in [-0.15, -0.1) is 0 Å². The highest BCUT2D eigenvalue weighted by molar-refractivity contribution is 8.18. The van der Waals surface area contributed by atoms with Gasteiger partial charge in [-0.1, -0.05) is 18.2 Å². The second kappa shape index (κ2) is 11.6. The average molecular weight is 595 g/mol. The van der Waals surface area contributed by atoms with Crippen LogP contribution in [0.25, 0.3) is 28.5 Å². The quantitative estimate of drug-likeness (QED) is 0.263. The zero-order valence-electron chi connectivity index (χ0n) is 22.1. The molecule has 42 heavy (non-hydrogen) atoms. The van der Waals surface area contributed by atoms with Crippen LogP contribution in [-0.2, 0) is 17.5 Å². The Hall–Kier alpha value is -4.23. The summed E-state index contributed by atoms with van der Waals surface area (Å²) in [6.07, 6.45) is 0.349. The molecule has 0 bridgehead atoms. The number of benzene rings is 1. The summed E-state index contributed by atoms with van der Waals surface area (Å²) in [5.41, 5.74) is 0.778. The molecule has 2 aliphatic heterocycles. The lowest BCUT2D eigenvalue weighted by atomic mass is 9.97. The monoisotopic (exact) mass is 594 g/mol. The molecule has 2 N–H and O–H groups in total. The molecule has 5 heterocycles. The molecule has 3 aromatic heterocycles. The third-order valence-corrected chi connectivity index (χ3v) is 7.92. The van der Waals surface area contributed by atoms with Crippen LogP contribution in [0.15, 0.2) is 64.1 Å². The number of imide groups is 1. The van der Waals surface area contributed by atoms with Crippen molar-refractivity contribution in [2.75, 3.05) is 24.5 Å². The van der Waals surface area contributed by atoms with Crippen LogP contribution in [0.1, 0.15) is 29.8 Å². The number of anilines is 1. The molecule has 2 saturated heterocycles. The van der Waals surface area contributed by atoms with E-state index in [0.29, 0.717) is 42.8 Å². The number of nitrogens with one attached hydrogen (secondary N) is 2. The van der Waals surface area contributed by atoms with E-state index in [1.54, 1.807) is 36.5 Å². The van der Waals surface area contributed by atoms with Gasteiger partial charge in [-0.25, -0.2) is 15.0 Å². The number of furan rings is 1. The summed E-state index contributed by atoms with van der Waals surface area (Å²) in [5, 5.41) is 5.89. The number of thioether (sulfide) groups is 1. The number of rotatable bonds is 7. The summed E-state index contributed by atoms with van der Waals surface area (Å²) < 4.78 is 46.8. The van der Waals surface area contributed by atoms with E-state index in [1.165, 1.54) is 0 Å². The number of aromatic nitrogens is 3. The van der Waals surface area contributed by atoms with Crippen molar-refractivity contribution in [1.29, 1.82) is 0 Å². The molecule has 13 heteroatoms. The number of para-hydroxylation sites is 1. The van der Waals surface area contributed by atoms with Crippen molar-refractivity contribution in [2.45, 2.75) is 25.6 Å². The van der Waals surface area contributed by atoms with Crippen molar-refractivity contribution in [3.05, 3.63) is 76.6 Å². The summed E-state index contributed by atoms with van der Waals surface area (Å²) >= 11 is 0.834. The van der Waals surface area contributed by atoms with E-state index >= 15 is 0 Å². The van der Waals surface area contributed by atoms with Crippen LogP contribution in [0.5, 0.6) is 0 Å². The van der Waals surface area contributed by atoms with Gasteiger partial charge in [0.2, 0.25) is 5.95 Å². The molecule has 0 radical (unpaired) electrons. The number of carbonyl (C=O) groups is 2. The second-order valence-corrected chi connectivity index (χ2v) is 11.1. The van der Waals surface area contributed by atoms with Crippen molar-refractivity contribution in [3.63, 3.8) is 0 Å². The van der Waals surface area contributed by atoms with Gasteiger partial charge in [0.25, 0.3) is 11.1 Å². The molecule has 216 valence electrons. The highest BCUT2D eigenvalue weighted by Crippen LogP contribution is 2.34. The highest BCUT2D eigenvalue weighted by atomic mass is 32.2. The van der Waals surface area contributed by atoms with E-state index in [9.17, 15) is 22.8 Å². The van der Waals surface area contributed by atoms with Gasteiger partial charge < -0.3 is 14.6 Å². The van der Waals surface area contributed by atoms with Crippen molar-refractivity contribution in [2.24, 2.45) is 5.92 Å². The third-order valence-electron chi connectivity index (χ3n) is 7.11. The maximum Gasteiger partial charge on any atom is 0.416 e. The molecule has 2 aliphatic rings. The molecule has 2 amide bonds. The number of halogens is 3. The van der Waals surface area contributed by atoms with Crippen LogP contribution in [0.3, 0.4) is 0 Å². The van der Waals surface area contributed by atoms with Crippen molar-refractivity contribution in [1.82, 2.24) is 25.6 Å². The average Bonchev–Trinajstić information content (AvgIpc) is 3.55. The van der Waals surface area contributed by atoms with E-state index in [1.807, 2.05) is 12.1 Å². The first-order chi connectivity index (χ1) is 20.2. The maximum atomic E-state index is 13.7. The smallest absolute Gasteiger partial charge is 0.416 e. The van der Waals surface area contributed by atoms with E-state index in [2.05, 4.69) is 30.5 Å². The Labute approximate surface area is 242 Å². The Kier molecular flexibility index (Phi) is 7.69. The Morgan fingerprint density at radius 1 is 1.10 bits per heavy atom. The molecule has 0 aliphatic carbocycles. The van der Waals surface area contributed by atoms with E-state index < -0.39 is 22.9 Å². The number of carbonyl (C=O) groups excluding carboxylic acids is 2. The van der Waals surface area contributed by atoms with Gasteiger partial charge in [0.05, 0.1) is 21.9 Å². The van der Waals surface area contributed by atoms with Crippen LogP contribution in [-0.4, -0.2) is 45.7 Å². The number of pyridine rings is 1. The van der Waals surface area contributed by atoms with Crippen molar-refractivity contribution in [3.8, 4) is 11.5 Å². The Balaban J connectivity index is 1.07. The minimum absolute atomic E-state index is 0.141. The molecule has 9 nitrogen and oxygen atoms in total. The molecular weight excluding hydrogens is 569 g/mol. The van der Waals surface area contributed by atoms with Gasteiger partial charge in [0.15, 0.2) is 5.76 Å². The molecule has 0 unspecified atom stereocenters. The normalized spacial score (nSPS) is 17.4. The lowest BCUT2D eigenvalue weighted by molar-refractivity contribution is -0.137. The summed E-state index contributed by atoms with van der Waals surface area (Å²) in [4.78, 5) is 38.9. The van der Waals surface area contributed by atoms with Crippen LogP contribution >= 0.6 is 11.8 Å². The molecule has 0 saturated carbocycles. The molecule has 1 aromatic carbocycles. The lowest BCUT2D eigenvalue weighted by Gasteiger charge is -2.32. The van der Waals surface area contributed by atoms with Gasteiger partial charge >= 0.3 is 6.18 Å². The fourth-order valence-corrected chi connectivity index (χ4v) is 5.63. The Morgan fingerprint density at radius 2 is 1.90 bits per heavy atom. The number of alkyl halides is 3. The highest BCUT2D eigenvalue weighted by Gasteiger charge is 2.32. The van der Waals surface area contributed by atoms with E-state index in [-0.39, 0.29) is 28.6 Å². The third kappa shape index (κ3) is 6.31. The van der Waals surface area contributed by atoms with Crippen molar-refractivity contribution >= 4 is 45.9 Å². The van der Waals surface area contributed by atoms with Crippen LogP contribution < -0.4 is 15.5 Å². The van der Waals surface area contributed by atoms with Gasteiger partial charge in [-0.05, 0) is 73.5 Å². The van der Waals surface area contributed by atoms with Crippen LogP contribution in [0.4, 0.5) is 23.9 Å².